The molecule has 2 aromatic carbocycles. The fourth-order valence-electron chi connectivity index (χ4n) is 4.84. The van der Waals surface area contributed by atoms with Crippen molar-refractivity contribution in [2.24, 2.45) is 5.92 Å². The maximum absolute atomic E-state index is 12.9. The zero-order valence-corrected chi connectivity index (χ0v) is 21.5. The highest BCUT2D eigenvalue weighted by Crippen LogP contribution is 2.28. The summed E-state index contributed by atoms with van der Waals surface area (Å²) >= 11 is 0. The molecule has 1 atom stereocenters. The summed E-state index contributed by atoms with van der Waals surface area (Å²) in [4.78, 5) is 29.3. The number of nitrogens with one attached hydrogen (secondary N) is 2. The number of anilines is 1. The number of rotatable bonds is 8. The van der Waals surface area contributed by atoms with E-state index in [1.54, 1.807) is 0 Å². The number of carboxylic acids is 1. The molecule has 0 spiro atoms. The summed E-state index contributed by atoms with van der Waals surface area (Å²) in [5.41, 5.74) is 4.61. The Hall–Kier alpha value is -3.48. The van der Waals surface area contributed by atoms with Crippen molar-refractivity contribution in [2.75, 3.05) is 24.7 Å². The van der Waals surface area contributed by atoms with E-state index in [-0.39, 0.29) is 23.7 Å². The van der Waals surface area contributed by atoms with Crippen molar-refractivity contribution in [1.29, 1.82) is 0 Å². The van der Waals surface area contributed by atoms with E-state index in [0.29, 0.717) is 19.5 Å². The molecule has 192 valence electrons. The number of carbonyl (C=O) groups excluding carboxylic acids is 1. The topological polar surface area (TPSA) is 84.9 Å². The van der Waals surface area contributed by atoms with Crippen LogP contribution in [0.25, 0.3) is 0 Å². The summed E-state index contributed by atoms with van der Waals surface area (Å²) < 4.78 is 0. The van der Waals surface area contributed by atoms with Gasteiger partial charge in [0.1, 0.15) is 6.04 Å². The molecule has 2 heterocycles. The number of nitrogens with zero attached hydrogens (tertiary/aromatic N) is 2. The van der Waals surface area contributed by atoms with Crippen LogP contribution in [0, 0.1) is 5.92 Å². The molecule has 4 rings (SSSR count). The van der Waals surface area contributed by atoms with Crippen molar-refractivity contribution in [2.45, 2.75) is 58.0 Å². The molecule has 2 aliphatic rings. The molecule has 2 aromatic rings. The molecule has 1 amide bonds. The Morgan fingerprint density at radius 1 is 1.06 bits per heavy atom. The Balaban J connectivity index is 1.28. The lowest BCUT2D eigenvalue weighted by molar-refractivity contribution is -0.142. The minimum Gasteiger partial charge on any atom is -0.480 e. The molecule has 0 radical (unpaired) electrons. The lowest BCUT2D eigenvalue weighted by Gasteiger charge is -2.34. The van der Waals surface area contributed by atoms with Crippen LogP contribution in [-0.2, 0) is 21.5 Å². The molecule has 1 saturated heterocycles. The zero-order valence-electron chi connectivity index (χ0n) is 21.5. The average molecular weight is 491 g/mol. The van der Waals surface area contributed by atoms with Gasteiger partial charge in [0.2, 0.25) is 5.91 Å². The highest BCUT2D eigenvalue weighted by atomic mass is 16.4. The van der Waals surface area contributed by atoms with Gasteiger partial charge in [0.15, 0.2) is 0 Å². The molecule has 0 aliphatic carbocycles. The monoisotopic (exact) mass is 490 g/mol. The molecule has 7 heteroatoms. The molecule has 1 unspecified atom stereocenters. The minimum absolute atomic E-state index is 0.120. The number of benzene rings is 2. The Kier molecular flexibility index (Phi) is 7.87. The third-order valence-corrected chi connectivity index (χ3v) is 7.08. The van der Waals surface area contributed by atoms with Gasteiger partial charge in [-0.1, -0.05) is 63.2 Å². The Labute approximate surface area is 214 Å². The number of amides is 1. The van der Waals surface area contributed by atoms with Gasteiger partial charge < -0.3 is 25.5 Å². The normalized spacial score (nSPS) is 17.4. The first-order valence-corrected chi connectivity index (χ1v) is 12.8. The molecule has 3 N–H and O–H groups in total. The summed E-state index contributed by atoms with van der Waals surface area (Å²) in [5, 5.41) is 15.8. The van der Waals surface area contributed by atoms with E-state index in [2.05, 4.69) is 77.6 Å². The summed E-state index contributed by atoms with van der Waals surface area (Å²) in [6.45, 7) is 9.56. The van der Waals surface area contributed by atoms with Crippen LogP contribution in [0.15, 0.2) is 66.5 Å². The number of carboxylic acid groups (broad SMARTS) is 1. The lowest BCUT2D eigenvalue weighted by atomic mass is 9.87. The molecule has 36 heavy (non-hydrogen) atoms. The van der Waals surface area contributed by atoms with Crippen LogP contribution in [0.2, 0.25) is 0 Å². The number of aliphatic carboxylic acids is 1. The molecular weight excluding hydrogens is 452 g/mol. The largest absolute Gasteiger partial charge is 0.480 e. The van der Waals surface area contributed by atoms with Crippen molar-refractivity contribution in [1.82, 2.24) is 15.5 Å². The third-order valence-electron chi connectivity index (χ3n) is 7.08. The maximum atomic E-state index is 12.9. The summed E-state index contributed by atoms with van der Waals surface area (Å²) in [7, 11) is 0. The van der Waals surface area contributed by atoms with E-state index >= 15 is 0 Å². The number of hydrogen-bond donors (Lipinski definition) is 3. The number of carbonyl (C=O) groups is 2. The highest BCUT2D eigenvalue weighted by Gasteiger charge is 2.30. The van der Waals surface area contributed by atoms with Crippen LogP contribution >= 0.6 is 0 Å². The van der Waals surface area contributed by atoms with Gasteiger partial charge in [-0.15, -0.1) is 0 Å². The standard InChI is InChI=1S/C29H38N4O3/c1-29(2,3)23-9-11-25(12-10-23)33-15-13-22(14-16-33)27(34)31-26(28(35)36)17-24-19-32(20-30-24)18-21-7-5-4-6-8-21/h4-12,19,22,26,30H,13-18,20H2,1-3H3,(H,31,34)(H,35,36). The van der Waals surface area contributed by atoms with Crippen LogP contribution < -0.4 is 15.5 Å². The van der Waals surface area contributed by atoms with Gasteiger partial charge in [0, 0.05) is 49.6 Å². The fourth-order valence-corrected chi connectivity index (χ4v) is 4.84. The second-order valence-corrected chi connectivity index (χ2v) is 10.9. The van der Waals surface area contributed by atoms with Crippen molar-refractivity contribution in [3.63, 3.8) is 0 Å². The van der Waals surface area contributed by atoms with Crippen LogP contribution in [0.3, 0.4) is 0 Å². The summed E-state index contributed by atoms with van der Waals surface area (Å²) in [6, 6.07) is 17.9. The van der Waals surface area contributed by atoms with Crippen LogP contribution in [0.4, 0.5) is 5.69 Å². The molecule has 0 aromatic heterocycles. The van der Waals surface area contributed by atoms with Crippen LogP contribution in [0.5, 0.6) is 0 Å². The Morgan fingerprint density at radius 2 is 1.72 bits per heavy atom. The van der Waals surface area contributed by atoms with Crippen molar-refractivity contribution < 1.29 is 14.7 Å². The third kappa shape index (κ3) is 6.59. The van der Waals surface area contributed by atoms with E-state index in [1.165, 1.54) is 16.8 Å². The van der Waals surface area contributed by atoms with E-state index in [1.807, 2.05) is 24.4 Å². The Morgan fingerprint density at radius 3 is 2.33 bits per heavy atom. The van der Waals surface area contributed by atoms with Gasteiger partial charge in [-0.3, -0.25) is 4.79 Å². The first-order chi connectivity index (χ1) is 17.2. The first-order valence-electron chi connectivity index (χ1n) is 12.8. The predicted molar refractivity (Wildman–Crippen MR) is 142 cm³/mol. The SMILES string of the molecule is CC(C)(C)c1ccc(N2CCC(C(=O)NC(CC3=CN(Cc4ccccc4)CN3)C(=O)O)CC2)cc1. The number of hydrogen-bond acceptors (Lipinski definition) is 5. The van der Waals surface area contributed by atoms with Gasteiger partial charge >= 0.3 is 5.97 Å². The molecule has 0 saturated carbocycles. The van der Waals surface area contributed by atoms with Gasteiger partial charge in [0.25, 0.3) is 0 Å². The van der Waals surface area contributed by atoms with E-state index in [0.717, 1.165) is 25.3 Å². The zero-order chi connectivity index (χ0) is 25.7. The second kappa shape index (κ2) is 11.1. The van der Waals surface area contributed by atoms with E-state index < -0.39 is 12.0 Å². The smallest absolute Gasteiger partial charge is 0.326 e. The lowest BCUT2D eigenvalue weighted by Crippen LogP contribution is -2.47. The molecule has 2 aliphatic heterocycles. The quantitative estimate of drug-likeness (QED) is 0.518. The predicted octanol–water partition coefficient (Wildman–Crippen LogP) is 4.06. The van der Waals surface area contributed by atoms with Gasteiger partial charge in [-0.2, -0.15) is 0 Å². The first kappa shape index (κ1) is 25.6. The fraction of sp³-hybridized carbons (Fsp3) is 0.448. The minimum atomic E-state index is -1.01. The molecule has 7 nitrogen and oxygen atoms in total. The average Bonchev–Trinajstić information content (AvgIpc) is 3.30. The molecule has 1 fully saturated rings. The molecular formula is C29H38N4O3. The summed E-state index contributed by atoms with van der Waals surface area (Å²) in [5.74, 6) is -1.34. The summed E-state index contributed by atoms with van der Waals surface area (Å²) in [6.07, 6.45) is 3.62. The second-order valence-electron chi connectivity index (χ2n) is 10.9. The highest BCUT2D eigenvalue weighted by molar-refractivity contribution is 5.85. The maximum Gasteiger partial charge on any atom is 0.326 e. The van der Waals surface area contributed by atoms with Crippen molar-refractivity contribution in [3.8, 4) is 0 Å². The van der Waals surface area contributed by atoms with Crippen LogP contribution in [0.1, 0.15) is 51.2 Å². The van der Waals surface area contributed by atoms with E-state index in [9.17, 15) is 14.7 Å². The van der Waals surface area contributed by atoms with E-state index in [4.69, 9.17) is 0 Å². The van der Waals surface area contributed by atoms with Crippen molar-refractivity contribution in [3.05, 3.63) is 77.6 Å². The molecule has 0 bridgehead atoms. The van der Waals surface area contributed by atoms with Crippen molar-refractivity contribution >= 4 is 17.6 Å². The Bertz CT molecular complexity index is 1070. The van der Waals surface area contributed by atoms with Gasteiger partial charge in [0.05, 0.1) is 6.67 Å². The number of piperidine rings is 1. The van der Waals surface area contributed by atoms with Gasteiger partial charge in [-0.05, 0) is 41.5 Å². The van der Waals surface area contributed by atoms with Gasteiger partial charge in [-0.25, -0.2) is 4.79 Å². The van der Waals surface area contributed by atoms with Crippen LogP contribution in [-0.4, -0.2) is 47.7 Å².